The molecule has 1 aromatic carbocycles. The molecule has 0 aliphatic carbocycles. The average Bonchev–Trinajstić information content (AvgIpc) is 2.35. The SMILES string of the molecule is CCS(=O)(=O)NCCNC(=O)c1ccc(Cl)cc1. The molecule has 0 aromatic heterocycles. The number of nitrogens with one attached hydrogen (secondary N) is 2. The number of halogens is 1. The maximum atomic E-state index is 11.6. The van der Waals surface area contributed by atoms with Gasteiger partial charge in [-0.3, -0.25) is 4.79 Å². The fourth-order valence-electron chi connectivity index (χ4n) is 1.19. The first-order valence-corrected chi connectivity index (χ1v) is 7.49. The Bertz CT molecular complexity index is 500. The summed E-state index contributed by atoms with van der Waals surface area (Å²) in [5, 5.41) is 3.16. The first-order valence-electron chi connectivity index (χ1n) is 5.45. The summed E-state index contributed by atoms with van der Waals surface area (Å²) in [5.74, 6) is -0.236. The van der Waals surface area contributed by atoms with Crippen molar-refractivity contribution in [2.24, 2.45) is 0 Å². The molecule has 1 amide bonds. The van der Waals surface area contributed by atoms with Gasteiger partial charge in [-0.15, -0.1) is 0 Å². The summed E-state index contributed by atoms with van der Waals surface area (Å²) in [6, 6.07) is 6.45. The van der Waals surface area contributed by atoms with Crippen molar-refractivity contribution in [2.75, 3.05) is 18.8 Å². The van der Waals surface area contributed by atoms with Crippen LogP contribution >= 0.6 is 11.6 Å². The number of carbonyl (C=O) groups is 1. The zero-order valence-corrected chi connectivity index (χ0v) is 11.5. The molecule has 100 valence electrons. The van der Waals surface area contributed by atoms with Crippen molar-refractivity contribution in [1.29, 1.82) is 0 Å². The summed E-state index contributed by atoms with van der Waals surface area (Å²) < 4.78 is 24.6. The highest BCUT2D eigenvalue weighted by molar-refractivity contribution is 7.89. The Balaban J connectivity index is 2.36. The van der Waals surface area contributed by atoms with Crippen LogP contribution in [-0.2, 0) is 10.0 Å². The minimum absolute atomic E-state index is 0.0259. The Hall–Kier alpha value is -1.11. The Morgan fingerprint density at radius 1 is 1.22 bits per heavy atom. The smallest absolute Gasteiger partial charge is 0.251 e. The van der Waals surface area contributed by atoms with E-state index in [4.69, 9.17) is 11.6 Å². The van der Waals surface area contributed by atoms with E-state index in [2.05, 4.69) is 10.0 Å². The summed E-state index contributed by atoms with van der Waals surface area (Å²) in [6.07, 6.45) is 0. The van der Waals surface area contributed by atoms with E-state index in [1.54, 1.807) is 31.2 Å². The number of hydrogen-bond acceptors (Lipinski definition) is 3. The second-order valence-corrected chi connectivity index (χ2v) is 6.09. The molecule has 0 unspecified atom stereocenters. The normalized spacial score (nSPS) is 11.2. The Morgan fingerprint density at radius 3 is 2.39 bits per heavy atom. The lowest BCUT2D eigenvalue weighted by Gasteiger charge is -2.06. The molecule has 0 radical (unpaired) electrons. The Labute approximate surface area is 112 Å². The van der Waals surface area contributed by atoms with Crippen LogP contribution in [0.2, 0.25) is 5.02 Å². The number of rotatable bonds is 6. The van der Waals surface area contributed by atoms with Gasteiger partial charge in [0.15, 0.2) is 0 Å². The van der Waals surface area contributed by atoms with Crippen molar-refractivity contribution in [3.8, 4) is 0 Å². The molecular weight excluding hydrogens is 276 g/mol. The van der Waals surface area contributed by atoms with Crippen LogP contribution in [0, 0.1) is 0 Å². The van der Waals surface area contributed by atoms with Gasteiger partial charge in [0.25, 0.3) is 5.91 Å². The van der Waals surface area contributed by atoms with Gasteiger partial charge in [0.05, 0.1) is 5.75 Å². The van der Waals surface area contributed by atoms with Crippen molar-refractivity contribution in [3.63, 3.8) is 0 Å². The highest BCUT2D eigenvalue weighted by Crippen LogP contribution is 2.08. The molecular formula is C11H15ClN2O3S. The van der Waals surface area contributed by atoms with Crippen LogP contribution in [0.25, 0.3) is 0 Å². The summed E-state index contributed by atoms with van der Waals surface area (Å²) in [5.41, 5.74) is 0.484. The van der Waals surface area contributed by atoms with Gasteiger partial charge in [-0.05, 0) is 31.2 Å². The molecule has 0 atom stereocenters. The fourth-order valence-corrected chi connectivity index (χ4v) is 1.93. The topological polar surface area (TPSA) is 75.3 Å². The quantitative estimate of drug-likeness (QED) is 0.768. The van der Waals surface area contributed by atoms with Crippen molar-refractivity contribution < 1.29 is 13.2 Å². The van der Waals surface area contributed by atoms with Gasteiger partial charge in [-0.1, -0.05) is 11.6 Å². The van der Waals surface area contributed by atoms with Crippen LogP contribution in [0.1, 0.15) is 17.3 Å². The lowest BCUT2D eigenvalue weighted by molar-refractivity contribution is 0.0954. The predicted octanol–water partition coefficient (Wildman–Crippen LogP) is 1.01. The summed E-state index contributed by atoms with van der Waals surface area (Å²) in [6.45, 7) is 1.96. The van der Waals surface area contributed by atoms with Gasteiger partial charge in [0.2, 0.25) is 10.0 Å². The third-order valence-corrected chi connectivity index (χ3v) is 3.87. The zero-order chi connectivity index (χ0) is 13.6. The molecule has 0 saturated carbocycles. The fraction of sp³-hybridized carbons (Fsp3) is 0.364. The van der Waals surface area contributed by atoms with E-state index in [0.717, 1.165) is 0 Å². The second-order valence-electron chi connectivity index (χ2n) is 3.56. The largest absolute Gasteiger partial charge is 0.351 e. The van der Waals surface area contributed by atoms with E-state index in [0.29, 0.717) is 10.6 Å². The molecule has 2 N–H and O–H groups in total. The first kappa shape index (κ1) is 14.9. The van der Waals surface area contributed by atoms with Crippen LogP contribution in [0.5, 0.6) is 0 Å². The van der Waals surface area contributed by atoms with Crippen LogP contribution in [-0.4, -0.2) is 33.2 Å². The van der Waals surface area contributed by atoms with Gasteiger partial charge in [-0.2, -0.15) is 0 Å². The molecule has 0 fully saturated rings. The lowest BCUT2D eigenvalue weighted by atomic mass is 10.2. The van der Waals surface area contributed by atoms with Gasteiger partial charge >= 0.3 is 0 Å². The zero-order valence-electron chi connectivity index (χ0n) is 9.94. The molecule has 7 heteroatoms. The Morgan fingerprint density at radius 2 is 1.83 bits per heavy atom. The van der Waals surface area contributed by atoms with Crippen molar-refractivity contribution in [1.82, 2.24) is 10.0 Å². The molecule has 5 nitrogen and oxygen atoms in total. The summed E-state index contributed by atoms with van der Waals surface area (Å²) in [4.78, 5) is 11.6. The van der Waals surface area contributed by atoms with Crippen molar-refractivity contribution >= 4 is 27.5 Å². The van der Waals surface area contributed by atoms with E-state index in [1.807, 2.05) is 0 Å². The molecule has 18 heavy (non-hydrogen) atoms. The summed E-state index contributed by atoms with van der Waals surface area (Å²) >= 11 is 5.70. The number of benzene rings is 1. The lowest BCUT2D eigenvalue weighted by Crippen LogP contribution is -2.35. The molecule has 0 spiro atoms. The molecule has 0 saturated heterocycles. The van der Waals surface area contributed by atoms with Gasteiger partial charge in [0.1, 0.15) is 0 Å². The van der Waals surface area contributed by atoms with Crippen LogP contribution in [0.15, 0.2) is 24.3 Å². The van der Waals surface area contributed by atoms with Crippen LogP contribution < -0.4 is 10.0 Å². The van der Waals surface area contributed by atoms with E-state index < -0.39 is 10.0 Å². The van der Waals surface area contributed by atoms with E-state index >= 15 is 0 Å². The standard InChI is InChI=1S/C11H15ClN2O3S/c1-2-18(16,17)14-8-7-13-11(15)9-3-5-10(12)6-4-9/h3-6,14H,2,7-8H2,1H3,(H,13,15). The number of hydrogen-bond donors (Lipinski definition) is 2. The summed E-state index contributed by atoms with van der Waals surface area (Å²) in [7, 11) is -3.21. The molecule has 0 aliphatic rings. The highest BCUT2D eigenvalue weighted by Gasteiger charge is 2.07. The van der Waals surface area contributed by atoms with Crippen LogP contribution in [0.3, 0.4) is 0 Å². The second kappa shape index (κ2) is 6.72. The van der Waals surface area contributed by atoms with E-state index in [1.165, 1.54) is 0 Å². The third kappa shape index (κ3) is 5.03. The van der Waals surface area contributed by atoms with Gasteiger partial charge in [0, 0.05) is 23.7 Å². The average molecular weight is 291 g/mol. The van der Waals surface area contributed by atoms with Crippen LogP contribution in [0.4, 0.5) is 0 Å². The monoisotopic (exact) mass is 290 g/mol. The van der Waals surface area contributed by atoms with Gasteiger partial charge in [-0.25, -0.2) is 13.1 Å². The maximum Gasteiger partial charge on any atom is 0.251 e. The predicted molar refractivity (Wildman–Crippen MR) is 71.2 cm³/mol. The number of sulfonamides is 1. The minimum atomic E-state index is -3.21. The molecule has 1 rings (SSSR count). The Kier molecular flexibility index (Phi) is 5.58. The molecule has 0 bridgehead atoms. The number of amides is 1. The van der Waals surface area contributed by atoms with Crippen molar-refractivity contribution in [3.05, 3.63) is 34.9 Å². The highest BCUT2D eigenvalue weighted by atomic mass is 35.5. The van der Waals surface area contributed by atoms with E-state index in [9.17, 15) is 13.2 Å². The third-order valence-electron chi connectivity index (χ3n) is 2.22. The number of carbonyl (C=O) groups excluding carboxylic acids is 1. The first-order chi connectivity index (χ1) is 8.44. The minimum Gasteiger partial charge on any atom is -0.351 e. The molecule has 1 aromatic rings. The van der Waals surface area contributed by atoms with Crippen molar-refractivity contribution in [2.45, 2.75) is 6.92 Å². The van der Waals surface area contributed by atoms with E-state index in [-0.39, 0.29) is 24.7 Å². The molecule has 0 heterocycles. The molecule has 0 aliphatic heterocycles. The maximum absolute atomic E-state index is 11.6. The van der Waals surface area contributed by atoms with Gasteiger partial charge < -0.3 is 5.32 Å².